The Kier molecular flexibility index (Phi) is 3.06. The van der Waals surface area contributed by atoms with Gasteiger partial charge in [0.2, 0.25) is 0 Å². The Balaban J connectivity index is 2.12. The highest BCUT2D eigenvalue weighted by molar-refractivity contribution is 5.30. The third-order valence-electron chi connectivity index (χ3n) is 2.84. The molecule has 16 heavy (non-hydrogen) atoms. The van der Waals surface area contributed by atoms with Crippen molar-refractivity contribution in [2.24, 2.45) is 0 Å². The minimum Gasteiger partial charge on any atom is -0.385 e. The minimum atomic E-state index is -0.558. The summed E-state index contributed by atoms with van der Waals surface area (Å²) < 4.78 is 0. The standard InChI is InChI=1S/C13H16N2O/c1-9-3-4-11(7-10(9)2)8-12(16)13-14-5-6-15-13/h3-7,12,16H,8H2,1-2H3,(H,14,15). The van der Waals surface area contributed by atoms with Crippen LogP contribution in [0.4, 0.5) is 0 Å². The van der Waals surface area contributed by atoms with E-state index in [-0.39, 0.29) is 0 Å². The second kappa shape index (κ2) is 4.49. The third-order valence-corrected chi connectivity index (χ3v) is 2.84. The van der Waals surface area contributed by atoms with Gasteiger partial charge in [0.1, 0.15) is 11.9 Å². The Morgan fingerprint density at radius 3 is 2.75 bits per heavy atom. The quantitative estimate of drug-likeness (QED) is 0.827. The summed E-state index contributed by atoms with van der Waals surface area (Å²) in [5.41, 5.74) is 3.66. The SMILES string of the molecule is Cc1ccc(CC(O)c2ncc[nH]2)cc1C. The Hall–Kier alpha value is -1.61. The molecule has 0 aliphatic heterocycles. The summed E-state index contributed by atoms with van der Waals surface area (Å²) in [5.74, 6) is 0.623. The summed E-state index contributed by atoms with van der Waals surface area (Å²) in [6.07, 6.45) is 3.41. The molecular weight excluding hydrogens is 200 g/mol. The number of nitrogens with one attached hydrogen (secondary N) is 1. The molecule has 0 saturated heterocycles. The maximum atomic E-state index is 9.93. The molecule has 2 rings (SSSR count). The maximum Gasteiger partial charge on any atom is 0.135 e. The van der Waals surface area contributed by atoms with Crippen molar-refractivity contribution in [1.29, 1.82) is 0 Å². The lowest BCUT2D eigenvalue weighted by molar-refractivity contribution is 0.169. The largest absolute Gasteiger partial charge is 0.385 e. The van der Waals surface area contributed by atoms with Crippen LogP contribution in [0.2, 0.25) is 0 Å². The molecule has 0 amide bonds. The number of imidazole rings is 1. The number of hydrogen-bond acceptors (Lipinski definition) is 2. The number of H-pyrrole nitrogens is 1. The van der Waals surface area contributed by atoms with Crippen LogP contribution < -0.4 is 0 Å². The number of aromatic amines is 1. The van der Waals surface area contributed by atoms with Gasteiger partial charge < -0.3 is 10.1 Å². The molecule has 2 N–H and O–H groups in total. The normalized spacial score (nSPS) is 12.7. The van der Waals surface area contributed by atoms with Crippen molar-refractivity contribution in [2.75, 3.05) is 0 Å². The fraction of sp³-hybridized carbons (Fsp3) is 0.308. The van der Waals surface area contributed by atoms with Gasteiger partial charge in [0, 0.05) is 18.8 Å². The Labute approximate surface area is 95.2 Å². The van der Waals surface area contributed by atoms with E-state index in [2.05, 4.69) is 42.0 Å². The molecule has 0 aliphatic carbocycles. The summed E-state index contributed by atoms with van der Waals surface area (Å²) >= 11 is 0. The molecule has 1 aromatic carbocycles. The minimum absolute atomic E-state index is 0.558. The number of aryl methyl sites for hydroxylation is 2. The number of rotatable bonds is 3. The molecule has 1 aromatic heterocycles. The van der Waals surface area contributed by atoms with Crippen LogP contribution in [0.1, 0.15) is 28.6 Å². The van der Waals surface area contributed by atoms with E-state index in [0.29, 0.717) is 12.2 Å². The lowest BCUT2D eigenvalue weighted by Crippen LogP contribution is -2.04. The Morgan fingerprint density at radius 2 is 2.12 bits per heavy atom. The zero-order chi connectivity index (χ0) is 11.5. The smallest absolute Gasteiger partial charge is 0.135 e. The van der Waals surface area contributed by atoms with Crippen LogP contribution in [0.25, 0.3) is 0 Å². The first-order valence-electron chi connectivity index (χ1n) is 5.40. The van der Waals surface area contributed by atoms with Crippen molar-refractivity contribution in [3.63, 3.8) is 0 Å². The number of aromatic nitrogens is 2. The number of hydrogen-bond donors (Lipinski definition) is 2. The summed E-state index contributed by atoms with van der Waals surface area (Å²) in [7, 11) is 0. The number of nitrogens with zero attached hydrogens (tertiary/aromatic N) is 1. The highest BCUT2D eigenvalue weighted by Crippen LogP contribution is 2.17. The summed E-state index contributed by atoms with van der Waals surface area (Å²) in [6, 6.07) is 6.25. The monoisotopic (exact) mass is 216 g/mol. The van der Waals surface area contributed by atoms with Gasteiger partial charge >= 0.3 is 0 Å². The van der Waals surface area contributed by atoms with E-state index in [1.165, 1.54) is 11.1 Å². The summed E-state index contributed by atoms with van der Waals surface area (Å²) in [4.78, 5) is 6.97. The van der Waals surface area contributed by atoms with Crippen LogP contribution in [-0.2, 0) is 6.42 Å². The second-order valence-electron chi connectivity index (χ2n) is 4.11. The van der Waals surface area contributed by atoms with E-state index in [9.17, 15) is 5.11 Å². The first-order valence-corrected chi connectivity index (χ1v) is 5.40. The number of aliphatic hydroxyl groups excluding tert-OH is 1. The molecule has 0 saturated carbocycles. The van der Waals surface area contributed by atoms with Crippen LogP contribution in [0, 0.1) is 13.8 Å². The lowest BCUT2D eigenvalue weighted by Gasteiger charge is -2.09. The number of benzene rings is 1. The fourth-order valence-electron chi connectivity index (χ4n) is 1.71. The van der Waals surface area contributed by atoms with Gasteiger partial charge in [-0.05, 0) is 30.5 Å². The van der Waals surface area contributed by atoms with E-state index in [0.717, 1.165) is 5.56 Å². The van der Waals surface area contributed by atoms with Gasteiger partial charge in [0.05, 0.1) is 0 Å². The van der Waals surface area contributed by atoms with Gasteiger partial charge in [-0.1, -0.05) is 18.2 Å². The summed E-state index contributed by atoms with van der Waals surface area (Å²) in [5, 5.41) is 9.93. The zero-order valence-electron chi connectivity index (χ0n) is 9.57. The molecule has 1 unspecified atom stereocenters. The van der Waals surface area contributed by atoms with E-state index in [1.54, 1.807) is 12.4 Å². The molecule has 84 valence electrons. The van der Waals surface area contributed by atoms with Gasteiger partial charge in [0.15, 0.2) is 0 Å². The van der Waals surface area contributed by atoms with Crippen LogP contribution in [-0.4, -0.2) is 15.1 Å². The predicted molar refractivity (Wildman–Crippen MR) is 63.2 cm³/mol. The number of aliphatic hydroxyl groups is 1. The third kappa shape index (κ3) is 2.31. The second-order valence-corrected chi connectivity index (χ2v) is 4.11. The molecule has 1 atom stereocenters. The topological polar surface area (TPSA) is 48.9 Å². The van der Waals surface area contributed by atoms with Gasteiger partial charge in [0.25, 0.3) is 0 Å². The average molecular weight is 216 g/mol. The van der Waals surface area contributed by atoms with Crippen LogP contribution in [0.15, 0.2) is 30.6 Å². The van der Waals surface area contributed by atoms with E-state index in [4.69, 9.17) is 0 Å². The predicted octanol–water partition coefficient (Wildman–Crippen LogP) is 2.30. The Morgan fingerprint density at radius 1 is 1.31 bits per heavy atom. The summed E-state index contributed by atoms with van der Waals surface area (Å²) in [6.45, 7) is 4.17. The van der Waals surface area contributed by atoms with Crippen molar-refractivity contribution < 1.29 is 5.11 Å². The van der Waals surface area contributed by atoms with Gasteiger partial charge in [-0.25, -0.2) is 4.98 Å². The van der Waals surface area contributed by atoms with Crippen LogP contribution in [0.3, 0.4) is 0 Å². The fourth-order valence-corrected chi connectivity index (χ4v) is 1.71. The zero-order valence-corrected chi connectivity index (χ0v) is 9.57. The molecule has 0 radical (unpaired) electrons. The first kappa shape index (κ1) is 10.9. The van der Waals surface area contributed by atoms with Crippen molar-refractivity contribution in [3.8, 4) is 0 Å². The van der Waals surface area contributed by atoms with E-state index >= 15 is 0 Å². The highest BCUT2D eigenvalue weighted by Gasteiger charge is 2.10. The molecule has 0 aliphatic rings. The van der Waals surface area contributed by atoms with Gasteiger partial charge in [-0.15, -0.1) is 0 Å². The van der Waals surface area contributed by atoms with E-state index < -0.39 is 6.10 Å². The lowest BCUT2D eigenvalue weighted by atomic mass is 10.0. The molecule has 0 spiro atoms. The average Bonchev–Trinajstić information content (AvgIpc) is 2.77. The van der Waals surface area contributed by atoms with Gasteiger partial charge in [-0.3, -0.25) is 0 Å². The van der Waals surface area contributed by atoms with Crippen molar-refractivity contribution in [3.05, 3.63) is 53.1 Å². The maximum absolute atomic E-state index is 9.93. The van der Waals surface area contributed by atoms with Crippen molar-refractivity contribution in [2.45, 2.75) is 26.4 Å². The molecule has 0 bridgehead atoms. The molecular formula is C13H16N2O. The molecule has 3 nitrogen and oxygen atoms in total. The van der Waals surface area contributed by atoms with E-state index in [1.807, 2.05) is 0 Å². The Bertz CT molecular complexity index is 463. The van der Waals surface area contributed by atoms with Gasteiger partial charge in [-0.2, -0.15) is 0 Å². The first-order chi connectivity index (χ1) is 7.66. The molecule has 2 aromatic rings. The van der Waals surface area contributed by atoms with Crippen molar-refractivity contribution >= 4 is 0 Å². The molecule has 3 heteroatoms. The highest BCUT2D eigenvalue weighted by atomic mass is 16.3. The molecule has 0 fully saturated rings. The molecule has 1 heterocycles. The van der Waals surface area contributed by atoms with Crippen LogP contribution >= 0.6 is 0 Å². The van der Waals surface area contributed by atoms with Crippen molar-refractivity contribution in [1.82, 2.24) is 9.97 Å². The van der Waals surface area contributed by atoms with Crippen LogP contribution in [0.5, 0.6) is 0 Å².